The summed E-state index contributed by atoms with van der Waals surface area (Å²) in [5.41, 5.74) is 6.75. The highest BCUT2D eigenvalue weighted by molar-refractivity contribution is 6.05. The van der Waals surface area contributed by atoms with Gasteiger partial charge in [0.15, 0.2) is 5.78 Å². The summed E-state index contributed by atoms with van der Waals surface area (Å²) >= 11 is 0. The van der Waals surface area contributed by atoms with Crippen LogP contribution in [0.15, 0.2) is 53.6 Å². The minimum absolute atomic E-state index is 0.0756. The maximum Gasteiger partial charge on any atom is 0.291 e. The highest BCUT2D eigenvalue weighted by Gasteiger charge is 2.22. The number of hydrogen-bond acceptors (Lipinski definition) is 6. The third-order valence-corrected chi connectivity index (χ3v) is 4.15. The molecule has 0 aliphatic rings. The molecular formula is C20H19N5O3. The molecule has 3 rings (SSSR count). The fourth-order valence-electron chi connectivity index (χ4n) is 2.83. The number of carbonyl (C=O) groups is 2. The average Bonchev–Trinajstić information content (AvgIpc) is 2.69. The van der Waals surface area contributed by atoms with Crippen molar-refractivity contribution in [3.05, 3.63) is 70.3 Å². The number of benzene rings is 1. The van der Waals surface area contributed by atoms with E-state index in [4.69, 9.17) is 5.73 Å². The van der Waals surface area contributed by atoms with E-state index in [2.05, 4.69) is 15.4 Å². The minimum atomic E-state index is -0.645. The molecule has 0 radical (unpaired) electrons. The van der Waals surface area contributed by atoms with Crippen LogP contribution in [-0.2, 0) is 6.54 Å². The van der Waals surface area contributed by atoms with Crippen LogP contribution < -0.4 is 16.6 Å². The summed E-state index contributed by atoms with van der Waals surface area (Å²) < 4.78 is 1.28. The van der Waals surface area contributed by atoms with Crippen molar-refractivity contribution in [3.8, 4) is 11.3 Å². The van der Waals surface area contributed by atoms with E-state index >= 15 is 0 Å². The average molecular weight is 377 g/mol. The number of amides is 1. The number of pyridine rings is 1. The van der Waals surface area contributed by atoms with Crippen LogP contribution in [0, 0.1) is 0 Å². The second-order valence-corrected chi connectivity index (χ2v) is 6.09. The van der Waals surface area contributed by atoms with E-state index in [1.54, 1.807) is 6.92 Å². The van der Waals surface area contributed by atoms with E-state index in [1.807, 2.05) is 30.3 Å². The van der Waals surface area contributed by atoms with Crippen LogP contribution in [0.5, 0.6) is 0 Å². The first-order chi connectivity index (χ1) is 13.4. The van der Waals surface area contributed by atoms with Crippen molar-refractivity contribution < 1.29 is 9.59 Å². The Morgan fingerprint density at radius 1 is 1.18 bits per heavy atom. The van der Waals surface area contributed by atoms with E-state index in [1.165, 1.54) is 30.1 Å². The molecule has 0 fully saturated rings. The number of nitrogens with zero attached hydrogens (tertiary/aromatic N) is 3. The van der Waals surface area contributed by atoms with Crippen LogP contribution in [0.2, 0.25) is 0 Å². The third kappa shape index (κ3) is 3.66. The fourth-order valence-corrected chi connectivity index (χ4v) is 2.83. The van der Waals surface area contributed by atoms with Crippen molar-refractivity contribution in [2.24, 2.45) is 5.73 Å². The van der Waals surface area contributed by atoms with E-state index in [0.717, 1.165) is 0 Å². The van der Waals surface area contributed by atoms with Gasteiger partial charge in [-0.05, 0) is 19.9 Å². The normalized spacial score (nSPS) is 10.5. The summed E-state index contributed by atoms with van der Waals surface area (Å²) in [4.78, 5) is 40.7. The maximum absolute atomic E-state index is 12.9. The van der Waals surface area contributed by atoms with E-state index in [-0.39, 0.29) is 22.6 Å². The van der Waals surface area contributed by atoms with Gasteiger partial charge >= 0.3 is 0 Å². The van der Waals surface area contributed by atoms with Crippen LogP contribution in [0.1, 0.15) is 34.6 Å². The molecule has 0 spiro atoms. The molecule has 0 aliphatic carbocycles. The van der Waals surface area contributed by atoms with Gasteiger partial charge in [-0.1, -0.05) is 30.3 Å². The lowest BCUT2D eigenvalue weighted by molar-refractivity contribution is 0.0996. The van der Waals surface area contributed by atoms with E-state index in [9.17, 15) is 14.4 Å². The van der Waals surface area contributed by atoms with Gasteiger partial charge in [-0.15, -0.1) is 0 Å². The number of hydrogen-bond donors (Lipinski definition) is 2. The Morgan fingerprint density at radius 3 is 2.50 bits per heavy atom. The molecular weight excluding hydrogens is 358 g/mol. The smallest absolute Gasteiger partial charge is 0.291 e. The molecule has 0 bridgehead atoms. The zero-order chi connectivity index (χ0) is 20.3. The molecule has 0 unspecified atom stereocenters. The summed E-state index contributed by atoms with van der Waals surface area (Å²) in [5, 5.41) is 7.32. The maximum atomic E-state index is 12.9. The Labute approximate surface area is 161 Å². The first kappa shape index (κ1) is 19.0. The lowest BCUT2D eigenvalue weighted by atomic mass is 10.0. The van der Waals surface area contributed by atoms with Gasteiger partial charge in [-0.3, -0.25) is 19.4 Å². The molecule has 28 heavy (non-hydrogen) atoms. The second-order valence-electron chi connectivity index (χ2n) is 6.09. The SMILES string of the molecule is CCn1nc(-c2ccccc2)c(C(C)=O)c(Nc2cncc(C(N)=O)c2)c1=O. The van der Waals surface area contributed by atoms with Gasteiger partial charge in [0.25, 0.3) is 5.56 Å². The van der Waals surface area contributed by atoms with Crippen molar-refractivity contribution >= 4 is 23.1 Å². The van der Waals surface area contributed by atoms with E-state index < -0.39 is 11.5 Å². The molecule has 142 valence electrons. The Bertz CT molecular complexity index is 1110. The highest BCUT2D eigenvalue weighted by atomic mass is 16.1. The van der Waals surface area contributed by atoms with Crippen molar-refractivity contribution in [3.63, 3.8) is 0 Å². The van der Waals surface area contributed by atoms with Gasteiger partial charge in [0.05, 0.1) is 23.0 Å². The van der Waals surface area contributed by atoms with Gasteiger partial charge in [0.1, 0.15) is 11.4 Å². The number of aryl methyl sites for hydroxylation is 1. The molecule has 1 amide bonds. The van der Waals surface area contributed by atoms with Crippen molar-refractivity contribution in [1.29, 1.82) is 0 Å². The molecule has 8 nitrogen and oxygen atoms in total. The summed E-state index contributed by atoms with van der Waals surface area (Å²) in [5.74, 6) is -0.957. The van der Waals surface area contributed by atoms with Gasteiger partial charge < -0.3 is 11.1 Å². The number of anilines is 2. The zero-order valence-electron chi connectivity index (χ0n) is 15.5. The lowest BCUT2D eigenvalue weighted by Crippen LogP contribution is -2.28. The fraction of sp³-hybridized carbons (Fsp3) is 0.150. The monoisotopic (exact) mass is 377 g/mol. The summed E-state index contributed by atoms with van der Waals surface area (Å²) in [6.07, 6.45) is 2.76. The predicted molar refractivity (Wildman–Crippen MR) is 106 cm³/mol. The summed E-state index contributed by atoms with van der Waals surface area (Å²) in [6, 6.07) is 10.6. The summed E-state index contributed by atoms with van der Waals surface area (Å²) in [6.45, 7) is 3.49. The van der Waals surface area contributed by atoms with Crippen LogP contribution in [-0.4, -0.2) is 26.5 Å². The largest absolute Gasteiger partial charge is 0.366 e. The Balaban J connectivity index is 2.25. The number of ketones is 1. The van der Waals surface area contributed by atoms with Gasteiger partial charge in [0, 0.05) is 18.3 Å². The number of nitrogens with two attached hydrogens (primary N) is 1. The molecule has 2 heterocycles. The van der Waals surface area contributed by atoms with Crippen LogP contribution in [0.3, 0.4) is 0 Å². The molecule has 2 aromatic heterocycles. The van der Waals surface area contributed by atoms with E-state index in [0.29, 0.717) is 23.5 Å². The zero-order valence-corrected chi connectivity index (χ0v) is 15.5. The number of aromatic nitrogens is 3. The number of carbonyl (C=O) groups excluding carboxylic acids is 2. The molecule has 0 saturated heterocycles. The van der Waals surface area contributed by atoms with Crippen LogP contribution in [0.25, 0.3) is 11.3 Å². The number of Topliss-reactive ketones (excluding diaryl/α,β-unsaturated/α-hetero) is 1. The van der Waals surface area contributed by atoms with Crippen LogP contribution in [0.4, 0.5) is 11.4 Å². The third-order valence-electron chi connectivity index (χ3n) is 4.15. The van der Waals surface area contributed by atoms with Crippen LogP contribution >= 0.6 is 0 Å². The number of rotatable bonds is 6. The van der Waals surface area contributed by atoms with Gasteiger partial charge in [-0.2, -0.15) is 5.10 Å². The molecule has 3 N–H and O–H groups in total. The molecule has 3 aromatic rings. The molecule has 1 aromatic carbocycles. The van der Waals surface area contributed by atoms with Crippen molar-refractivity contribution in [1.82, 2.24) is 14.8 Å². The standard InChI is InChI=1S/C20H19N5O3/c1-3-25-20(28)18(23-15-9-14(19(21)27)10-22-11-15)16(12(2)26)17(24-25)13-7-5-4-6-8-13/h4-11,23H,3H2,1-2H3,(H2,21,27). The summed E-state index contributed by atoms with van der Waals surface area (Å²) in [7, 11) is 0. The number of nitrogens with one attached hydrogen (secondary N) is 1. The molecule has 0 atom stereocenters. The molecule has 0 saturated carbocycles. The van der Waals surface area contributed by atoms with Gasteiger partial charge in [-0.25, -0.2) is 4.68 Å². The first-order valence-electron chi connectivity index (χ1n) is 8.65. The van der Waals surface area contributed by atoms with Crippen molar-refractivity contribution in [2.75, 3.05) is 5.32 Å². The first-order valence-corrected chi connectivity index (χ1v) is 8.65. The minimum Gasteiger partial charge on any atom is -0.366 e. The quantitative estimate of drug-likeness (QED) is 0.636. The Kier molecular flexibility index (Phi) is 5.30. The Morgan fingerprint density at radius 2 is 1.89 bits per heavy atom. The molecule has 0 aliphatic heterocycles. The highest BCUT2D eigenvalue weighted by Crippen LogP contribution is 2.27. The van der Waals surface area contributed by atoms with Crippen molar-refractivity contribution in [2.45, 2.75) is 20.4 Å². The second kappa shape index (κ2) is 7.83. The predicted octanol–water partition coefficient (Wildman–Crippen LogP) is 2.37. The van der Waals surface area contributed by atoms with Gasteiger partial charge in [0.2, 0.25) is 5.91 Å². The number of primary amides is 1. The Hall–Kier alpha value is -3.81. The topological polar surface area (TPSA) is 120 Å². The molecule has 8 heteroatoms. The lowest BCUT2D eigenvalue weighted by Gasteiger charge is -2.16.